The van der Waals surface area contributed by atoms with Crippen molar-refractivity contribution >= 4 is 0 Å². The maximum atomic E-state index is 2.74. The zero-order valence-electron chi connectivity index (χ0n) is 29.8. The predicted octanol–water partition coefficient (Wildman–Crippen LogP) is 12.6. The highest BCUT2D eigenvalue weighted by Crippen LogP contribution is 2.21. The summed E-state index contributed by atoms with van der Waals surface area (Å²) in [5, 5.41) is 0. The molecule has 0 amide bonds. The molecule has 0 bridgehead atoms. The molecule has 0 aliphatic rings. The van der Waals surface area contributed by atoms with Crippen LogP contribution < -0.4 is 4.57 Å². The minimum Gasteiger partial charge on any atom is -0.234 e. The second-order valence-corrected chi connectivity index (χ2v) is 13.9. The van der Waals surface area contributed by atoms with Gasteiger partial charge in [-0.15, -0.1) is 0 Å². The summed E-state index contributed by atoms with van der Waals surface area (Å²) in [6.45, 7) is 9.33. The fourth-order valence-electron chi connectivity index (χ4n) is 6.99. The van der Waals surface area contributed by atoms with Crippen LogP contribution in [0.15, 0.2) is 66.9 Å². The zero-order chi connectivity index (χ0) is 31.8. The molecule has 2 nitrogen and oxygen atoms in total. The lowest BCUT2D eigenvalue weighted by Crippen LogP contribution is -2.41. The van der Waals surface area contributed by atoms with Gasteiger partial charge in [0.05, 0.1) is 19.5 Å². The van der Waals surface area contributed by atoms with E-state index in [0.29, 0.717) is 5.92 Å². The number of rotatable bonds is 27. The molecule has 0 fully saturated rings. The Hall–Kier alpha value is -2.35. The van der Waals surface area contributed by atoms with Gasteiger partial charge in [-0.2, -0.15) is 0 Å². The fraction of sp³-hybridized carbons (Fsp3) is 0.651. The van der Waals surface area contributed by atoms with Crippen molar-refractivity contribution in [1.29, 1.82) is 0 Å². The Bertz CT molecular complexity index is 1100. The van der Waals surface area contributed by atoms with Gasteiger partial charge in [0, 0.05) is 6.42 Å². The average molecular weight is 614 g/mol. The largest absolute Gasteiger partial charge is 0.261 e. The van der Waals surface area contributed by atoms with Crippen molar-refractivity contribution in [2.75, 3.05) is 0 Å². The van der Waals surface area contributed by atoms with Crippen LogP contribution in [0, 0.1) is 0 Å². The molecule has 2 aromatic carbocycles. The van der Waals surface area contributed by atoms with Gasteiger partial charge in [-0.1, -0.05) is 184 Å². The first kappa shape index (κ1) is 37.1. The normalized spacial score (nSPS) is 12.2. The third kappa shape index (κ3) is 15.2. The van der Waals surface area contributed by atoms with Gasteiger partial charge in [0.25, 0.3) is 5.82 Å². The van der Waals surface area contributed by atoms with E-state index in [1.54, 1.807) is 0 Å². The van der Waals surface area contributed by atoms with Gasteiger partial charge >= 0.3 is 0 Å². The molecule has 3 rings (SSSR count). The Kier molecular flexibility index (Phi) is 19.7. The lowest BCUT2D eigenvalue weighted by atomic mass is 9.96. The topological polar surface area (TPSA) is 8.81 Å². The van der Waals surface area contributed by atoms with Crippen LogP contribution in [0.4, 0.5) is 0 Å². The smallest absolute Gasteiger partial charge is 0.234 e. The molecule has 0 aliphatic heterocycles. The van der Waals surface area contributed by atoms with Crippen molar-refractivity contribution < 1.29 is 4.57 Å². The van der Waals surface area contributed by atoms with Crippen molar-refractivity contribution in [3.8, 4) is 0 Å². The van der Waals surface area contributed by atoms with E-state index in [4.69, 9.17) is 0 Å². The predicted molar refractivity (Wildman–Crippen MR) is 196 cm³/mol. The van der Waals surface area contributed by atoms with Gasteiger partial charge in [-0.3, -0.25) is 0 Å². The lowest BCUT2D eigenvalue weighted by Gasteiger charge is -2.12. The summed E-state index contributed by atoms with van der Waals surface area (Å²) >= 11 is 0. The fourth-order valence-corrected chi connectivity index (χ4v) is 6.99. The summed E-state index contributed by atoms with van der Waals surface area (Å²) in [6.07, 6.45) is 32.5. The quantitative estimate of drug-likeness (QED) is 0.0597. The Morgan fingerprint density at radius 3 is 1.56 bits per heavy atom. The molecule has 250 valence electrons. The number of unbranched alkanes of at least 4 members (excludes halogenated alkanes) is 18. The maximum absolute atomic E-state index is 2.74. The summed E-state index contributed by atoms with van der Waals surface area (Å²) < 4.78 is 5.39. The van der Waals surface area contributed by atoms with Crippen LogP contribution in [-0.4, -0.2) is 4.57 Å². The molecule has 0 spiro atoms. The monoisotopic (exact) mass is 614 g/mol. The second-order valence-electron chi connectivity index (χ2n) is 13.9. The standard InChI is InChI=1S/C43H69N2/c1-4-6-8-10-12-14-15-16-17-19-21-29-35-45-42(36-39(3)41-32-26-23-27-33-41)38-44(34-28-20-18-13-11-9-7-5-2)43(45)37-40-30-24-22-25-31-40/h22-27,30-33,38-39H,4-21,28-29,34-37H2,1-3H3/q+1. The SMILES string of the molecule is CCCCCCCCCCCCCC[n+]1c(CC(C)c2ccccc2)cn(CCCCCCCCCC)c1Cc1ccccc1. The van der Waals surface area contributed by atoms with Crippen LogP contribution in [0.25, 0.3) is 0 Å². The molecule has 45 heavy (non-hydrogen) atoms. The molecule has 0 N–H and O–H groups in total. The first-order valence-electron chi connectivity index (χ1n) is 19.4. The number of benzene rings is 2. The summed E-state index contributed by atoms with van der Waals surface area (Å²) in [7, 11) is 0. The Morgan fingerprint density at radius 2 is 1.02 bits per heavy atom. The van der Waals surface area contributed by atoms with Crippen LogP contribution >= 0.6 is 0 Å². The Balaban J connectivity index is 1.63. The van der Waals surface area contributed by atoms with Crippen LogP contribution in [0.2, 0.25) is 0 Å². The Labute approximate surface area is 279 Å². The number of aromatic nitrogens is 2. The molecule has 0 radical (unpaired) electrons. The van der Waals surface area contributed by atoms with Crippen molar-refractivity contribution in [2.45, 2.75) is 181 Å². The highest BCUT2D eigenvalue weighted by Gasteiger charge is 2.25. The average Bonchev–Trinajstić information content (AvgIpc) is 3.38. The van der Waals surface area contributed by atoms with Crippen molar-refractivity contribution in [1.82, 2.24) is 4.57 Å². The highest BCUT2D eigenvalue weighted by molar-refractivity contribution is 5.21. The summed E-state index contributed by atoms with van der Waals surface area (Å²) in [5.74, 6) is 2.03. The molecule has 3 aromatic rings. The van der Waals surface area contributed by atoms with Crippen LogP contribution in [0.3, 0.4) is 0 Å². The number of hydrogen-bond donors (Lipinski definition) is 0. The second kappa shape index (κ2) is 23.9. The van der Waals surface area contributed by atoms with Crippen LogP contribution in [0.5, 0.6) is 0 Å². The Morgan fingerprint density at radius 1 is 0.556 bits per heavy atom. The zero-order valence-corrected chi connectivity index (χ0v) is 29.8. The number of aryl methyl sites for hydroxylation is 1. The molecule has 1 heterocycles. The van der Waals surface area contributed by atoms with Gasteiger partial charge in [0.1, 0.15) is 11.9 Å². The highest BCUT2D eigenvalue weighted by atomic mass is 15.2. The van der Waals surface area contributed by atoms with E-state index < -0.39 is 0 Å². The molecular formula is C43H69N2+. The van der Waals surface area contributed by atoms with Gasteiger partial charge in [-0.25, -0.2) is 9.13 Å². The number of imidazole rings is 1. The third-order valence-electron chi connectivity index (χ3n) is 9.87. The van der Waals surface area contributed by atoms with Crippen LogP contribution in [0.1, 0.15) is 178 Å². The van der Waals surface area contributed by atoms with E-state index in [1.807, 2.05) is 0 Å². The van der Waals surface area contributed by atoms with Gasteiger partial charge < -0.3 is 0 Å². The minimum atomic E-state index is 0.517. The van der Waals surface area contributed by atoms with Gasteiger partial charge in [0.2, 0.25) is 0 Å². The van der Waals surface area contributed by atoms with E-state index >= 15 is 0 Å². The summed E-state index contributed by atoms with van der Waals surface area (Å²) in [4.78, 5) is 0. The summed E-state index contributed by atoms with van der Waals surface area (Å²) in [5.41, 5.74) is 4.41. The van der Waals surface area contributed by atoms with Gasteiger partial charge in [-0.05, 0) is 42.7 Å². The first-order valence-corrected chi connectivity index (χ1v) is 19.4. The van der Waals surface area contributed by atoms with Crippen molar-refractivity contribution in [3.63, 3.8) is 0 Å². The molecule has 2 heteroatoms. The van der Waals surface area contributed by atoms with Crippen molar-refractivity contribution in [2.24, 2.45) is 0 Å². The molecule has 1 aromatic heterocycles. The number of hydrogen-bond acceptors (Lipinski definition) is 0. The maximum Gasteiger partial charge on any atom is 0.261 e. The van der Waals surface area contributed by atoms with Crippen molar-refractivity contribution in [3.05, 3.63) is 89.5 Å². The molecular weight excluding hydrogens is 544 g/mol. The van der Waals surface area contributed by atoms with Crippen LogP contribution in [-0.2, 0) is 25.9 Å². The van der Waals surface area contributed by atoms with E-state index in [2.05, 4.69) is 96.8 Å². The minimum absolute atomic E-state index is 0.517. The third-order valence-corrected chi connectivity index (χ3v) is 9.87. The molecule has 1 atom stereocenters. The summed E-state index contributed by atoms with van der Waals surface area (Å²) in [6, 6.07) is 22.3. The molecule has 0 saturated heterocycles. The van der Waals surface area contributed by atoms with Gasteiger partial charge in [0.15, 0.2) is 0 Å². The first-order chi connectivity index (χ1) is 22.2. The van der Waals surface area contributed by atoms with E-state index in [9.17, 15) is 0 Å². The van der Waals surface area contributed by atoms with E-state index in [1.165, 1.54) is 151 Å². The van der Waals surface area contributed by atoms with E-state index in [-0.39, 0.29) is 0 Å². The number of nitrogens with zero attached hydrogens (tertiary/aromatic N) is 2. The molecule has 1 unspecified atom stereocenters. The molecule has 0 aliphatic carbocycles. The lowest BCUT2D eigenvalue weighted by molar-refractivity contribution is -0.710. The van der Waals surface area contributed by atoms with E-state index in [0.717, 1.165) is 25.9 Å². The molecule has 0 saturated carbocycles.